The number of pyridine rings is 1. The average Bonchev–Trinajstić information content (AvgIpc) is 2.46. The third kappa shape index (κ3) is 3.43. The molecule has 0 atom stereocenters. The van der Waals surface area contributed by atoms with Crippen molar-refractivity contribution in [1.29, 1.82) is 0 Å². The van der Waals surface area contributed by atoms with Crippen molar-refractivity contribution in [2.45, 2.75) is 31.2 Å². The van der Waals surface area contributed by atoms with E-state index in [-0.39, 0.29) is 11.4 Å². The van der Waals surface area contributed by atoms with Crippen molar-refractivity contribution in [3.8, 4) is 0 Å². The number of hydrogen-bond donors (Lipinski definition) is 1. The molecule has 5 heteroatoms. The van der Waals surface area contributed by atoms with Gasteiger partial charge in [-0.3, -0.25) is 4.98 Å². The van der Waals surface area contributed by atoms with Gasteiger partial charge in [0.05, 0.1) is 4.90 Å². The highest BCUT2D eigenvalue weighted by atomic mass is 32.2. The molecule has 2 rings (SSSR count). The van der Waals surface area contributed by atoms with E-state index in [2.05, 4.69) is 23.6 Å². The molecule has 106 valence electrons. The summed E-state index contributed by atoms with van der Waals surface area (Å²) < 4.78 is 26.9. The number of aromatic nitrogens is 1. The zero-order chi connectivity index (χ0) is 14.6. The van der Waals surface area contributed by atoms with Gasteiger partial charge in [0, 0.05) is 18.9 Å². The van der Waals surface area contributed by atoms with Crippen molar-refractivity contribution in [3.05, 3.63) is 59.9 Å². The fourth-order valence-corrected chi connectivity index (χ4v) is 3.03. The van der Waals surface area contributed by atoms with Gasteiger partial charge in [-0.25, -0.2) is 13.1 Å². The lowest BCUT2D eigenvalue weighted by atomic mass is 10.00. The van der Waals surface area contributed by atoms with Crippen molar-refractivity contribution in [2.24, 2.45) is 0 Å². The van der Waals surface area contributed by atoms with Gasteiger partial charge in [-0.15, -0.1) is 0 Å². The Bertz CT molecular complexity index is 667. The smallest absolute Gasteiger partial charge is 0.240 e. The second-order valence-corrected chi connectivity index (χ2v) is 6.63. The second-order valence-electron chi connectivity index (χ2n) is 4.87. The molecule has 2 aromatic rings. The molecule has 0 saturated carbocycles. The minimum Gasteiger partial charge on any atom is -0.264 e. The van der Waals surface area contributed by atoms with E-state index >= 15 is 0 Å². The maximum Gasteiger partial charge on any atom is 0.240 e. The van der Waals surface area contributed by atoms with Crippen LogP contribution in [0.1, 0.15) is 30.9 Å². The van der Waals surface area contributed by atoms with Crippen molar-refractivity contribution in [2.75, 3.05) is 0 Å². The Morgan fingerprint density at radius 3 is 2.50 bits per heavy atom. The van der Waals surface area contributed by atoms with Gasteiger partial charge in [0.1, 0.15) is 0 Å². The van der Waals surface area contributed by atoms with Gasteiger partial charge in [0.15, 0.2) is 0 Å². The van der Waals surface area contributed by atoms with Gasteiger partial charge in [0.2, 0.25) is 10.0 Å². The molecule has 0 bridgehead atoms. The molecule has 1 aromatic heterocycles. The standard InChI is InChI=1S/C15H18N2O2S/c1-12(2)15-8-9-16-10-13(15)11-17-20(18,19)14-6-4-3-5-7-14/h3-10,12,17H,11H2,1-2H3. The summed E-state index contributed by atoms with van der Waals surface area (Å²) in [5.74, 6) is 0.328. The number of rotatable bonds is 5. The minimum absolute atomic E-state index is 0.249. The number of nitrogens with zero attached hydrogens (tertiary/aromatic N) is 1. The minimum atomic E-state index is -3.48. The maximum atomic E-state index is 12.2. The van der Waals surface area contributed by atoms with Gasteiger partial charge in [-0.05, 0) is 35.2 Å². The van der Waals surface area contributed by atoms with Crippen molar-refractivity contribution >= 4 is 10.0 Å². The molecule has 4 nitrogen and oxygen atoms in total. The van der Waals surface area contributed by atoms with Gasteiger partial charge in [0.25, 0.3) is 0 Å². The largest absolute Gasteiger partial charge is 0.264 e. The lowest BCUT2D eigenvalue weighted by Crippen LogP contribution is -2.24. The number of benzene rings is 1. The Hall–Kier alpha value is -1.72. The summed E-state index contributed by atoms with van der Waals surface area (Å²) in [4.78, 5) is 4.34. The van der Waals surface area contributed by atoms with Crippen LogP contribution >= 0.6 is 0 Å². The molecule has 0 radical (unpaired) electrons. The fraction of sp³-hybridized carbons (Fsp3) is 0.267. The second kappa shape index (κ2) is 6.15. The Kier molecular flexibility index (Phi) is 4.52. The first-order valence-corrected chi connectivity index (χ1v) is 7.96. The van der Waals surface area contributed by atoms with Crippen LogP contribution in [0.5, 0.6) is 0 Å². The first-order chi connectivity index (χ1) is 9.50. The molecule has 0 unspecified atom stereocenters. The predicted octanol–water partition coefficient (Wildman–Crippen LogP) is 2.68. The summed E-state index contributed by atoms with van der Waals surface area (Å²) in [7, 11) is -3.48. The fourth-order valence-electron chi connectivity index (χ4n) is 2.00. The van der Waals surface area contributed by atoms with Gasteiger partial charge >= 0.3 is 0 Å². The number of hydrogen-bond acceptors (Lipinski definition) is 3. The Labute approximate surface area is 119 Å². The summed E-state index contributed by atoms with van der Waals surface area (Å²) in [5.41, 5.74) is 2.01. The van der Waals surface area contributed by atoms with Crippen molar-refractivity contribution < 1.29 is 8.42 Å². The van der Waals surface area contributed by atoms with E-state index in [1.54, 1.807) is 42.7 Å². The van der Waals surface area contributed by atoms with Crippen LogP contribution in [0.3, 0.4) is 0 Å². The topological polar surface area (TPSA) is 59.1 Å². The molecule has 0 aliphatic rings. The Morgan fingerprint density at radius 2 is 1.85 bits per heavy atom. The summed E-state index contributed by atoms with van der Waals surface area (Å²) in [6, 6.07) is 10.3. The van der Waals surface area contributed by atoms with E-state index in [9.17, 15) is 8.42 Å². The van der Waals surface area contributed by atoms with Crippen LogP contribution in [0.25, 0.3) is 0 Å². The van der Waals surface area contributed by atoms with Crippen molar-refractivity contribution in [3.63, 3.8) is 0 Å². The summed E-state index contributed by atoms with van der Waals surface area (Å²) in [6.45, 7) is 4.40. The van der Waals surface area contributed by atoms with Gasteiger partial charge in [-0.2, -0.15) is 0 Å². The Morgan fingerprint density at radius 1 is 1.15 bits per heavy atom. The molecule has 0 aliphatic heterocycles. The highest BCUT2D eigenvalue weighted by Gasteiger charge is 2.14. The zero-order valence-corrected chi connectivity index (χ0v) is 12.4. The third-order valence-electron chi connectivity index (χ3n) is 3.07. The van der Waals surface area contributed by atoms with Crippen LogP contribution in [0.4, 0.5) is 0 Å². The molecular formula is C15H18N2O2S. The molecule has 20 heavy (non-hydrogen) atoms. The predicted molar refractivity (Wildman–Crippen MR) is 78.8 cm³/mol. The normalized spacial score (nSPS) is 11.8. The monoisotopic (exact) mass is 290 g/mol. The quantitative estimate of drug-likeness (QED) is 0.921. The van der Waals surface area contributed by atoms with E-state index in [1.165, 1.54) is 0 Å². The summed E-state index contributed by atoms with van der Waals surface area (Å²) >= 11 is 0. The lowest BCUT2D eigenvalue weighted by molar-refractivity contribution is 0.580. The molecule has 1 heterocycles. The molecule has 0 fully saturated rings. The number of sulfonamides is 1. The molecule has 0 saturated heterocycles. The van der Waals surface area contributed by atoms with Crippen LogP contribution in [-0.2, 0) is 16.6 Å². The van der Waals surface area contributed by atoms with Crippen LogP contribution < -0.4 is 4.72 Å². The summed E-state index contributed by atoms with van der Waals surface area (Å²) in [5, 5.41) is 0. The van der Waals surface area contributed by atoms with Crippen LogP contribution in [0.2, 0.25) is 0 Å². The molecule has 0 spiro atoms. The Balaban J connectivity index is 2.17. The highest BCUT2D eigenvalue weighted by Crippen LogP contribution is 2.18. The lowest BCUT2D eigenvalue weighted by Gasteiger charge is -2.13. The van der Waals surface area contributed by atoms with E-state index in [1.807, 2.05) is 6.07 Å². The summed E-state index contributed by atoms with van der Waals surface area (Å²) in [6.07, 6.45) is 3.44. The third-order valence-corrected chi connectivity index (χ3v) is 4.49. The zero-order valence-electron chi connectivity index (χ0n) is 11.6. The molecule has 0 amide bonds. The number of nitrogens with one attached hydrogen (secondary N) is 1. The van der Waals surface area contributed by atoms with E-state index in [4.69, 9.17) is 0 Å². The van der Waals surface area contributed by atoms with Crippen LogP contribution in [0, 0.1) is 0 Å². The van der Waals surface area contributed by atoms with Crippen molar-refractivity contribution in [1.82, 2.24) is 9.71 Å². The van der Waals surface area contributed by atoms with Gasteiger partial charge in [-0.1, -0.05) is 32.0 Å². The van der Waals surface area contributed by atoms with E-state index < -0.39 is 10.0 Å². The molecular weight excluding hydrogens is 272 g/mol. The highest BCUT2D eigenvalue weighted by molar-refractivity contribution is 7.89. The van der Waals surface area contributed by atoms with Crippen LogP contribution in [0.15, 0.2) is 53.7 Å². The average molecular weight is 290 g/mol. The van der Waals surface area contributed by atoms with Gasteiger partial charge < -0.3 is 0 Å². The molecule has 1 N–H and O–H groups in total. The maximum absolute atomic E-state index is 12.2. The first kappa shape index (κ1) is 14.7. The SMILES string of the molecule is CC(C)c1ccncc1CNS(=O)(=O)c1ccccc1. The van der Waals surface area contributed by atoms with E-state index in [0.717, 1.165) is 11.1 Å². The van der Waals surface area contributed by atoms with E-state index in [0.29, 0.717) is 5.92 Å². The first-order valence-electron chi connectivity index (χ1n) is 6.48. The van der Waals surface area contributed by atoms with Crippen LogP contribution in [-0.4, -0.2) is 13.4 Å². The molecule has 1 aromatic carbocycles. The molecule has 0 aliphatic carbocycles.